The van der Waals surface area contributed by atoms with E-state index in [0.717, 1.165) is 42.9 Å². The van der Waals surface area contributed by atoms with Gasteiger partial charge in [-0.3, -0.25) is 4.79 Å². The smallest absolute Gasteiger partial charge is 0.317 e. The number of benzene rings is 1. The fraction of sp³-hybridized carbons (Fsp3) is 0.529. The minimum absolute atomic E-state index is 0.0509. The highest BCUT2D eigenvalue weighted by Gasteiger charge is 2.23. The highest BCUT2D eigenvalue weighted by atomic mass is 16.7. The summed E-state index contributed by atoms with van der Waals surface area (Å²) >= 11 is 0. The van der Waals surface area contributed by atoms with Crippen molar-refractivity contribution in [2.45, 2.75) is 32.2 Å². The molecule has 0 aromatic heterocycles. The van der Waals surface area contributed by atoms with E-state index in [0.29, 0.717) is 13.1 Å². The Bertz CT molecular complexity index is 620. The van der Waals surface area contributed by atoms with Gasteiger partial charge in [0.1, 0.15) is 0 Å². The second-order valence-electron chi connectivity index (χ2n) is 6.16. The molecule has 2 aliphatic heterocycles. The first-order chi connectivity index (χ1) is 11.6. The molecule has 130 valence electrons. The van der Waals surface area contributed by atoms with Crippen molar-refractivity contribution >= 4 is 11.9 Å². The number of nitrogens with zero attached hydrogens (tertiary/aromatic N) is 1. The molecule has 0 bridgehead atoms. The molecule has 1 atom stereocenters. The third kappa shape index (κ3) is 4.10. The number of fused-ring (bicyclic) bond motifs is 1. The number of carbonyl (C=O) groups is 2. The van der Waals surface area contributed by atoms with Crippen molar-refractivity contribution in [1.82, 2.24) is 15.5 Å². The molecule has 0 spiro atoms. The fourth-order valence-corrected chi connectivity index (χ4v) is 3.09. The predicted molar refractivity (Wildman–Crippen MR) is 88.1 cm³/mol. The van der Waals surface area contributed by atoms with E-state index in [4.69, 9.17) is 9.47 Å². The van der Waals surface area contributed by atoms with Crippen LogP contribution in [0.1, 0.15) is 25.3 Å². The third-order valence-electron chi connectivity index (χ3n) is 4.24. The maximum Gasteiger partial charge on any atom is 0.317 e. The Morgan fingerprint density at radius 2 is 2.12 bits per heavy atom. The number of ether oxygens (including phenoxy) is 2. The molecule has 7 nitrogen and oxygen atoms in total. The molecule has 2 N–H and O–H groups in total. The van der Waals surface area contributed by atoms with Gasteiger partial charge < -0.3 is 25.0 Å². The SMILES string of the molecule is CC(=O)NC1CCCN(C(=O)NCCc2ccc3c(c2)OCO3)C1. The standard InChI is InChI=1S/C17H23N3O4/c1-12(21)19-14-3-2-8-20(10-14)17(22)18-7-6-13-4-5-15-16(9-13)24-11-23-15/h4-5,9,14H,2-3,6-8,10-11H2,1H3,(H,18,22)(H,19,21). The second-order valence-corrected chi connectivity index (χ2v) is 6.16. The molecule has 1 aromatic carbocycles. The van der Waals surface area contributed by atoms with E-state index < -0.39 is 0 Å². The van der Waals surface area contributed by atoms with Crippen molar-refractivity contribution < 1.29 is 19.1 Å². The highest BCUT2D eigenvalue weighted by Crippen LogP contribution is 2.32. The predicted octanol–water partition coefficient (Wildman–Crippen LogP) is 1.27. The molecule has 3 amide bonds. The second kappa shape index (κ2) is 7.42. The Morgan fingerprint density at radius 1 is 1.29 bits per heavy atom. The topological polar surface area (TPSA) is 79.9 Å². The number of piperidine rings is 1. The molecule has 1 aromatic rings. The summed E-state index contributed by atoms with van der Waals surface area (Å²) in [5.74, 6) is 1.47. The lowest BCUT2D eigenvalue weighted by atomic mass is 10.1. The first kappa shape index (κ1) is 16.4. The average Bonchev–Trinajstić information content (AvgIpc) is 3.02. The Balaban J connectivity index is 1.44. The van der Waals surface area contributed by atoms with Gasteiger partial charge in [0.25, 0.3) is 0 Å². The molecule has 0 aliphatic carbocycles. The van der Waals surface area contributed by atoms with Crippen LogP contribution in [-0.4, -0.2) is 49.3 Å². The van der Waals surface area contributed by atoms with Crippen molar-refractivity contribution in [3.63, 3.8) is 0 Å². The molecular weight excluding hydrogens is 310 g/mol. The lowest BCUT2D eigenvalue weighted by Crippen LogP contribution is -2.52. The largest absolute Gasteiger partial charge is 0.454 e. The van der Waals surface area contributed by atoms with Crippen LogP contribution in [0.5, 0.6) is 11.5 Å². The number of likely N-dealkylation sites (tertiary alicyclic amines) is 1. The van der Waals surface area contributed by atoms with Gasteiger partial charge in [0.2, 0.25) is 12.7 Å². The summed E-state index contributed by atoms with van der Waals surface area (Å²) in [5.41, 5.74) is 1.09. The summed E-state index contributed by atoms with van der Waals surface area (Å²) < 4.78 is 10.6. The van der Waals surface area contributed by atoms with Crippen molar-refractivity contribution in [3.8, 4) is 11.5 Å². The van der Waals surface area contributed by atoms with E-state index in [1.54, 1.807) is 4.90 Å². The van der Waals surface area contributed by atoms with Gasteiger partial charge in [0.05, 0.1) is 0 Å². The minimum atomic E-state index is -0.0780. The van der Waals surface area contributed by atoms with Crippen molar-refractivity contribution in [1.29, 1.82) is 0 Å². The Morgan fingerprint density at radius 3 is 2.96 bits per heavy atom. The molecule has 24 heavy (non-hydrogen) atoms. The zero-order valence-corrected chi connectivity index (χ0v) is 13.8. The molecule has 2 aliphatic rings. The summed E-state index contributed by atoms with van der Waals surface area (Å²) in [6, 6.07) is 5.79. The van der Waals surface area contributed by atoms with Crippen molar-refractivity contribution in [2.75, 3.05) is 26.4 Å². The number of carbonyl (C=O) groups excluding carboxylic acids is 2. The maximum atomic E-state index is 12.3. The van der Waals surface area contributed by atoms with Crippen LogP contribution in [0.4, 0.5) is 4.79 Å². The van der Waals surface area contributed by atoms with Gasteiger partial charge >= 0.3 is 6.03 Å². The quantitative estimate of drug-likeness (QED) is 0.869. The van der Waals surface area contributed by atoms with E-state index in [1.165, 1.54) is 6.92 Å². The number of hydrogen-bond donors (Lipinski definition) is 2. The van der Waals surface area contributed by atoms with Crippen LogP contribution in [0.15, 0.2) is 18.2 Å². The third-order valence-corrected chi connectivity index (χ3v) is 4.24. The molecule has 1 fully saturated rings. The zero-order chi connectivity index (χ0) is 16.9. The summed E-state index contributed by atoms with van der Waals surface area (Å²) in [7, 11) is 0. The molecule has 7 heteroatoms. The lowest BCUT2D eigenvalue weighted by Gasteiger charge is -2.33. The molecule has 0 radical (unpaired) electrons. The van der Waals surface area contributed by atoms with Gasteiger partial charge in [0, 0.05) is 32.6 Å². The molecule has 1 unspecified atom stereocenters. The van der Waals surface area contributed by atoms with Crippen molar-refractivity contribution in [3.05, 3.63) is 23.8 Å². The Hall–Kier alpha value is -2.44. The van der Waals surface area contributed by atoms with Crippen LogP contribution >= 0.6 is 0 Å². The first-order valence-corrected chi connectivity index (χ1v) is 8.30. The Kier molecular flexibility index (Phi) is 5.08. The van der Waals surface area contributed by atoms with Gasteiger partial charge in [-0.25, -0.2) is 4.79 Å². The van der Waals surface area contributed by atoms with Crippen LogP contribution in [0.25, 0.3) is 0 Å². The van der Waals surface area contributed by atoms with Gasteiger partial charge in [-0.05, 0) is 37.0 Å². The van der Waals surface area contributed by atoms with E-state index >= 15 is 0 Å². The van der Waals surface area contributed by atoms with E-state index in [-0.39, 0.29) is 24.8 Å². The van der Waals surface area contributed by atoms with Crippen LogP contribution in [-0.2, 0) is 11.2 Å². The summed E-state index contributed by atoms with van der Waals surface area (Å²) in [5, 5.41) is 5.83. The summed E-state index contributed by atoms with van der Waals surface area (Å²) in [4.78, 5) is 25.2. The average molecular weight is 333 g/mol. The van der Waals surface area contributed by atoms with E-state index in [2.05, 4.69) is 10.6 Å². The lowest BCUT2D eigenvalue weighted by molar-refractivity contribution is -0.119. The van der Waals surface area contributed by atoms with Gasteiger partial charge in [-0.2, -0.15) is 0 Å². The minimum Gasteiger partial charge on any atom is -0.454 e. The number of urea groups is 1. The highest BCUT2D eigenvalue weighted by molar-refractivity contribution is 5.75. The van der Waals surface area contributed by atoms with E-state index in [9.17, 15) is 9.59 Å². The van der Waals surface area contributed by atoms with Gasteiger partial charge in [-0.1, -0.05) is 6.07 Å². The zero-order valence-electron chi connectivity index (χ0n) is 13.8. The molecule has 0 saturated carbocycles. The van der Waals surface area contributed by atoms with Crippen LogP contribution in [0.3, 0.4) is 0 Å². The number of nitrogens with one attached hydrogen (secondary N) is 2. The summed E-state index contributed by atoms with van der Waals surface area (Å²) in [6.45, 7) is 3.62. The maximum absolute atomic E-state index is 12.3. The molecule has 1 saturated heterocycles. The van der Waals surface area contributed by atoms with Gasteiger partial charge in [-0.15, -0.1) is 0 Å². The normalized spacial score (nSPS) is 19.0. The molecule has 3 rings (SSSR count). The number of amides is 3. The van der Waals surface area contributed by atoms with Crippen LogP contribution in [0, 0.1) is 0 Å². The van der Waals surface area contributed by atoms with Crippen LogP contribution < -0.4 is 20.1 Å². The fourth-order valence-electron chi connectivity index (χ4n) is 3.09. The van der Waals surface area contributed by atoms with Crippen LogP contribution in [0.2, 0.25) is 0 Å². The monoisotopic (exact) mass is 333 g/mol. The molecule has 2 heterocycles. The molecular formula is C17H23N3O4. The summed E-state index contributed by atoms with van der Waals surface area (Å²) in [6.07, 6.45) is 2.55. The van der Waals surface area contributed by atoms with Crippen molar-refractivity contribution in [2.24, 2.45) is 0 Å². The number of hydrogen-bond acceptors (Lipinski definition) is 4. The first-order valence-electron chi connectivity index (χ1n) is 8.30. The Labute approximate surface area is 141 Å². The number of rotatable bonds is 4. The van der Waals surface area contributed by atoms with E-state index in [1.807, 2.05) is 18.2 Å². The van der Waals surface area contributed by atoms with Gasteiger partial charge in [0.15, 0.2) is 11.5 Å².